The largest absolute Gasteiger partial charge is 0.489 e. The maximum absolute atomic E-state index is 11.0. The number of benzene rings is 1. The van der Waals surface area contributed by atoms with Gasteiger partial charge >= 0.3 is 5.97 Å². The van der Waals surface area contributed by atoms with Crippen molar-refractivity contribution in [2.45, 2.75) is 57.0 Å². The van der Waals surface area contributed by atoms with Gasteiger partial charge in [-0.3, -0.25) is 4.79 Å². The first-order valence-electron chi connectivity index (χ1n) is 7.81. The zero-order chi connectivity index (χ0) is 14.8. The van der Waals surface area contributed by atoms with E-state index in [1.54, 1.807) is 0 Å². The summed E-state index contributed by atoms with van der Waals surface area (Å²) in [5, 5.41) is 9.68. The molecule has 2 aliphatic carbocycles. The maximum atomic E-state index is 11.0. The second kappa shape index (κ2) is 6.27. The Hall–Kier alpha value is -1.22. The van der Waals surface area contributed by atoms with E-state index < -0.39 is 5.97 Å². The normalized spacial score (nSPS) is 20.4. The third kappa shape index (κ3) is 3.70. The first kappa shape index (κ1) is 14.7. The van der Waals surface area contributed by atoms with Crippen LogP contribution < -0.4 is 4.74 Å². The summed E-state index contributed by atoms with van der Waals surface area (Å²) in [5.41, 5.74) is 1.03. The van der Waals surface area contributed by atoms with E-state index in [1.165, 1.54) is 12.8 Å². The van der Waals surface area contributed by atoms with E-state index >= 15 is 0 Å². The van der Waals surface area contributed by atoms with Crippen LogP contribution in [0.1, 0.15) is 56.4 Å². The second-order valence-corrected chi connectivity index (χ2v) is 6.66. The van der Waals surface area contributed by atoms with Crippen molar-refractivity contribution in [3.8, 4) is 5.75 Å². The molecule has 0 saturated heterocycles. The van der Waals surface area contributed by atoms with Gasteiger partial charge in [-0.1, -0.05) is 17.7 Å². The van der Waals surface area contributed by atoms with Crippen molar-refractivity contribution < 1.29 is 14.6 Å². The van der Waals surface area contributed by atoms with Crippen LogP contribution in [0, 0.1) is 5.92 Å². The summed E-state index contributed by atoms with van der Waals surface area (Å²) in [5.74, 6) is 0.575. The molecule has 1 aromatic carbocycles. The summed E-state index contributed by atoms with van der Waals surface area (Å²) in [7, 11) is 0. The van der Waals surface area contributed by atoms with Crippen molar-refractivity contribution in [1.82, 2.24) is 0 Å². The number of carboxylic acids is 1. The molecule has 1 atom stereocenters. The van der Waals surface area contributed by atoms with E-state index in [1.807, 2.05) is 18.2 Å². The number of ether oxygens (including phenoxy) is 1. The molecular weight excluding hydrogens is 288 g/mol. The Morgan fingerprint density at radius 2 is 2.00 bits per heavy atom. The van der Waals surface area contributed by atoms with E-state index in [0.29, 0.717) is 10.9 Å². The zero-order valence-corrected chi connectivity index (χ0v) is 12.8. The average molecular weight is 309 g/mol. The Balaban J connectivity index is 1.74. The molecule has 21 heavy (non-hydrogen) atoms. The molecule has 2 aliphatic rings. The lowest BCUT2D eigenvalue weighted by Gasteiger charge is -2.18. The van der Waals surface area contributed by atoms with Gasteiger partial charge in [-0.2, -0.15) is 0 Å². The van der Waals surface area contributed by atoms with Gasteiger partial charge < -0.3 is 9.84 Å². The quantitative estimate of drug-likeness (QED) is 0.833. The van der Waals surface area contributed by atoms with Gasteiger partial charge in [0, 0.05) is 0 Å². The van der Waals surface area contributed by atoms with E-state index in [0.717, 1.165) is 37.0 Å². The van der Waals surface area contributed by atoms with Crippen LogP contribution >= 0.6 is 11.6 Å². The van der Waals surface area contributed by atoms with Crippen molar-refractivity contribution in [3.05, 3.63) is 28.8 Å². The second-order valence-electron chi connectivity index (χ2n) is 6.26. The highest BCUT2D eigenvalue weighted by molar-refractivity contribution is 6.32. The molecule has 2 fully saturated rings. The Kier molecular flexibility index (Phi) is 4.39. The highest BCUT2D eigenvalue weighted by Gasteiger charge is 2.34. The van der Waals surface area contributed by atoms with Crippen LogP contribution in [0.25, 0.3) is 0 Å². The standard InChI is InChI=1S/C17H21ClO3/c18-15-9-12(14(10-17(19)20)11-5-6-11)7-8-16(15)21-13-3-1-2-4-13/h7-9,11,13-14H,1-6,10H2,(H,19,20). The molecule has 1 N–H and O–H groups in total. The van der Waals surface area contributed by atoms with Crippen LogP contribution in [-0.4, -0.2) is 17.2 Å². The van der Waals surface area contributed by atoms with Crippen molar-refractivity contribution in [3.63, 3.8) is 0 Å². The molecule has 1 aromatic rings. The van der Waals surface area contributed by atoms with E-state index in [9.17, 15) is 4.79 Å². The Morgan fingerprint density at radius 1 is 1.29 bits per heavy atom. The molecule has 0 aliphatic heterocycles. The molecule has 0 radical (unpaired) electrons. The molecule has 0 aromatic heterocycles. The predicted molar refractivity (Wildman–Crippen MR) is 82.1 cm³/mol. The molecule has 3 rings (SSSR count). The minimum atomic E-state index is -0.741. The van der Waals surface area contributed by atoms with Gasteiger partial charge in [0.25, 0.3) is 0 Å². The monoisotopic (exact) mass is 308 g/mol. The highest BCUT2D eigenvalue weighted by Crippen LogP contribution is 2.45. The van der Waals surface area contributed by atoms with Crippen molar-refractivity contribution in [2.24, 2.45) is 5.92 Å². The van der Waals surface area contributed by atoms with Crippen LogP contribution in [0.5, 0.6) is 5.75 Å². The van der Waals surface area contributed by atoms with Crippen molar-refractivity contribution in [2.75, 3.05) is 0 Å². The number of halogens is 1. The number of aliphatic carboxylic acids is 1. The average Bonchev–Trinajstić information content (AvgIpc) is 3.16. The lowest BCUT2D eigenvalue weighted by atomic mass is 9.91. The number of rotatable bonds is 6. The van der Waals surface area contributed by atoms with E-state index in [-0.39, 0.29) is 18.4 Å². The van der Waals surface area contributed by atoms with Gasteiger partial charge in [0.2, 0.25) is 0 Å². The smallest absolute Gasteiger partial charge is 0.303 e. The van der Waals surface area contributed by atoms with Gasteiger partial charge in [0.1, 0.15) is 5.75 Å². The Bertz CT molecular complexity index is 519. The first-order valence-corrected chi connectivity index (χ1v) is 8.19. The molecule has 2 saturated carbocycles. The molecule has 0 bridgehead atoms. The lowest BCUT2D eigenvalue weighted by Crippen LogP contribution is -2.12. The molecule has 0 amide bonds. The number of hydrogen-bond donors (Lipinski definition) is 1. The fraction of sp³-hybridized carbons (Fsp3) is 0.588. The Labute approximate surface area is 130 Å². The van der Waals surface area contributed by atoms with E-state index in [4.69, 9.17) is 21.4 Å². The van der Waals surface area contributed by atoms with Gasteiger partial charge in [0.05, 0.1) is 17.5 Å². The minimum absolute atomic E-state index is 0.0838. The van der Waals surface area contributed by atoms with Crippen LogP contribution in [0.4, 0.5) is 0 Å². The van der Waals surface area contributed by atoms with Gasteiger partial charge in [-0.25, -0.2) is 0 Å². The van der Waals surface area contributed by atoms with Crippen molar-refractivity contribution in [1.29, 1.82) is 0 Å². The summed E-state index contributed by atoms with van der Waals surface area (Å²) in [4.78, 5) is 11.0. The van der Waals surface area contributed by atoms with E-state index in [2.05, 4.69) is 0 Å². The van der Waals surface area contributed by atoms with Crippen LogP contribution in [0.3, 0.4) is 0 Å². The number of carboxylic acid groups (broad SMARTS) is 1. The fourth-order valence-corrected chi connectivity index (χ4v) is 3.51. The van der Waals surface area contributed by atoms with Crippen LogP contribution in [0.2, 0.25) is 5.02 Å². The summed E-state index contributed by atoms with van der Waals surface area (Å²) in [6.07, 6.45) is 7.36. The number of carbonyl (C=O) groups is 1. The molecule has 3 nitrogen and oxygen atoms in total. The third-order valence-corrected chi connectivity index (χ3v) is 4.86. The molecule has 0 spiro atoms. The zero-order valence-electron chi connectivity index (χ0n) is 12.1. The molecule has 1 unspecified atom stereocenters. The topological polar surface area (TPSA) is 46.5 Å². The molecular formula is C17H21ClO3. The lowest BCUT2D eigenvalue weighted by molar-refractivity contribution is -0.137. The molecule has 0 heterocycles. The van der Waals surface area contributed by atoms with Gasteiger partial charge in [-0.05, 0) is 68.1 Å². The third-order valence-electron chi connectivity index (χ3n) is 4.57. The van der Waals surface area contributed by atoms with Crippen LogP contribution in [-0.2, 0) is 4.79 Å². The van der Waals surface area contributed by atoms with Crippen molar-refractivity contribution >= 4 is 17.6 Å². The van der Waals surface area contributed by atoms with Gasteiger partial charge in [0.15, 0.2) is 0 Å². The number of hydrogen-bond acceptors (Lipinski definition) is 2. The maximum Gasteiger partial charge on any atom is 0.303 e. The summed E-state index contributed by atoms with van der Waals surface area (Å²) < 4.78 is 5.95. The fourth-order valence-electron chi connectivity index (χ4n) is 3.27. The predicted octanol–water partition coefficient (Wildman–Crippen LogP) is 4.63. The van der Waals surface area contributed by atoms with Crippen LogP contribution in [0.15, 0.2) is 18.2 Å². The molecule has 114 valence electrons. The van der Waals surface area contributed by atoms with Gasteiger partial charge in [-0.15, -0.1) is 0 Å². The minimum Gasteiger partial charge on any atom is -0.489 e. The Morgan fingerprint density at radius 3 is 2.57 bits per heavy atom. The SMILES string of the molecule is O=C(O)CC(c1ccc(OC2CCCC2)c(Cl)c1)C1CC1. The first-order chi connectivity index (χ1) is 10.1. The summed E-state index contributed by atoms with van der Waals surface area (Å²) in [6, 6.07) is 5.80. The molecule has 4 heteroatoms. The highest BCUT2D eigenvalue weighted by atomic mass is 35.5. The summed E-state index contributed by atoms with van der Waals surface area (Å²) in [6.45, 7) is 0. The summed E-state index contributed by atoms with van der Waals surface area (Å²) >= 11 is 6.34.